The number of aryl methyl sites for hydroxylation is 2. The highest BCUT2D eigenvalue weighted by molar-refractivity contribution is 6.32. The smallest absolute Gasteiger partial charge is 0.254 e. The summed E-state index contributed by atoms with van der Waals surface area (Å²) in [6.07, 6.45) is 4.29. The predicted molar refractivity (Wildman–Crippen MR) is 93.4 cm³/mol. The van der Waals surface area contributed by atoms with Crippen molar-refractivity contribution in [3.05, 3.63) is 40.3 Å². The number of rotatable bonds is 3. The second kappa shape index (κ2) is 5.94. The highest BCUT2D eigenvalue weighted by Gasteiger charge is 2.20. The summed E-state index contributed by atoms with van der Waals surface area (Å²) in [4.78, 5) is 9.11. The van der Waals surface area contributed by atoms with Crippen LogP contribution in [0.3, 0.4) is 0 Å². The van der Waals surface area contributed by atoms with Gasteiger partial charge in [-0.3, -0.25) is 0 Å². The van der Waals surface area contributed by atoms with Gasteiger partial charge in [0.2, 0.25) is 0 Å². The molecule has 3 aromatic rings. The van der Waals surface area contributed by atoms with Crippen molar-refractivity contribution in [1.82, 2.24) is 19.6 Å². The van der Waals surface area contributed by atoms with Crippen LogP contribution in [0, 0.1) is 6.92 Å². The highest BCUT2D eigenvalue weighted by Crippen LogP contribution is 2.32. The van der Waals surface area contributed by atoms with Gasteiger partial charge in [-0.05, 0) is 50.8 Å². The Hall–Kier alpha value is -2.34. The van der Waals surface area contributed by atoms with Crippen molar-refractivity contribution < 1.29 is 4.74 Å². The number of nitrogens with one attached hydrogen (secondary N) is 1. The summed E-state index contributed by atoms with van der Waals surface area (Å²) in [6, 6.07) is 5.64. The molecule has 0 aliphatic heterocycles. The summed E-state index contributed by atoms with van der Waals surface area (Å²) in [7, 11) is 1.61. The number of aromatic nitrogens is 4. The van der Waals surface area contributed by atoms with Gasteiger partial charge < -0.3 is 10.1 Å². The van der Waals surface area contributed by atoms with Crippen molar-refractivity contribution in [3.8, 4) is 5.75 Å². The first-order valence-corrected chi connectivity index (χ1v) is 8.39. The van der Waals surface area contributed by atoms with Gasteiger partial charge in [0.15, 0.2) is 0 Å². The molecule has 0 unspecified atom stereocenters. The first-order chi connectivity index (χ1) is 11.7. The monoisotopic (exact) mass is 343 g/mol. The van der Waals surface area contributed by atoms with E-state index in [0.717, 1.165) is 42.9 Å². The van der Waals surface area contributed by atoms with Crippen molar-refractivity contribution in [2.75, 3.05) is 12.4 Å². The largest absolute Gasteiger partial charge is 0.495 e. The van der Waals surface area contributed by atoms with Crippen molar-refractivity contribution in [2.24, 2.45) is 0 Å². The quantitative estimate of drug-likeness (QED) is 0.785. The Kier molecular flexibility index (Phi) is 3.76. The fourth-order valence-corrected chi connectivity index (χ4v) is 3.41. The molecule has 0 spiro atoms. The molecule has 2 heterocycles. The van der Waals surface area contributed by atoms with Gasteiger partial charge in [0.25, 0.3) is 5.78 Å². The van der Waals surface area contributed by atoms with Crippen LogP contribution in [-0.2, 0) is 12.8 Å². The molecule has 1 aliphatic rings. The number of nitrogens with zero attached hydrogens (tertiary/aromatic N) is 4. The second-order valence-corrected chi connectivity index (χ2v) is 6.35. The Morgan fingerprint density at radius 1 is 1.21 bits per heavy atom. The molecule has 24 heavy (non-hydrogen) atoms. The molecule has 2 aromatic heterocycles. The predicted octanol–water partition coefficient (Wildman–Crippen LogP) is 3.72. The average molecular weight is 344 g/mol. The van der Waals surface area contributed by atoms with Gasteiger partial charge in [0.05, 0.1) is 17.8 Å². The van der Waals surface area contributed by atoms with Crippen molar-refractivity contribution >= 4 is 28.9 Å². The van der Waals surface area contributed by atoms with Crippen molar-refractivity contribution in [2.45, 2.75) is 32.6 Å². The zero-order chi connectivity index (χ0) is 16.7. The van der Waals surface area contributed by atoms with Crippen LogP contribution in [0.15, 0.2) is 18.2 Å². The van der Waals surface area contributed by atoms with Gasteiger partial charge >= 0.3 is 0 Å². The lowest BCUT2D eigenvalue weighted by atomic mass is 9.96. The molecule has 0 atom stereocenters. The van der Waals surface area contributed by atoms with Gasteiger partial charge in [-0.1, -0.05) is 11.6 Å². The Labute approximate surface area is 144 Å². The lowest BCUT2D eigenvalue weighted by molar-refractivity contribution is 0.415. The molecule has 6 nitrogen and oxygen atoms in total. The van der Waals surface area contributed by atoms with Crippen LogP contribution >= 0.6 is 11.6 Å². The Morgan fingerprint density at radius 2 is 2.04 bits per heavy atom. The van der Waals surface area contributed by atoms with Crippen LogP contribution in [0.2, 0.25) is 5.02 Å². The fourth-order valence-electron chi connectivity index (χ4n) is 3.15. The molecular formula is C17H18ClN5O. The maximum Gasteiger partial charge on any atom is 0.254 e. The molecule has 124 valence electrons. The van der Waals surface area contributed by atoms with E-state index in [4.69, 9.17) is 16.3 Å². The minimum atomic E-state index is 0.566. The lowest BCUT2D eigenvalue weighted by Gasteiger charge is -2.20. The van der Waals surface area contributed by atoms with Crippen molar-refractivity contribution in [3.63, 3.8) is 0 Å². The maximum absolute atomic E-state index is 6.25. The van der Waals surface area contributed by atoms with E-state index in [-0.39, 0.29) is 0 Å². The molecule has 0 radical (unpaired) electrons. The van der Waals surface area contributed by atoms with E-state index in [9.17, 15) is 0 Å². The molecule has 7 heteroatoms. The molecule has 1 aliphatic carbocycles. The number of halogens is 1. The van der Waals surface area contributed by atoms with E-state index in [1.807, 2.05) is 25.1 Å². The van der Waals surface area contributed by atoms with Crippen LogP contribution in [0.25, 0.3) is 5.78 Å². The molecule has 0 saturated heterocycles. The van der Waals surface area contributed by atoms with Gasteiger partial charge in [-0.25, -0.2) is 4.98 Å². The molecule has 0 bridgehead atoms. The van der Waals surface area contributed by atoms with Crippen LogP contribution in [-0.4, -0.2) is 26.7 Å². The van der Waals surface area contributed by atoms with Crippen molar-refractivity contribution in [1.29, 1.82) is 0 Å². The van der Waals surface area contributed by atoms with Crippen LogP contribution in [0.1, 0.15) is 29.9 Å². The summed E-state index contributed by atoms with van der Waals surface area (Å²) >= 11 is 6.25. The molecular weight excluding hydrogens is 326 g/mol. The molecule has 1 N–H and O–H groups in total. The van der Waals surface area contributed by atoms with Crippen LogP contribution in [0.4, 0.5) is 11.5 Å². The highest BCUT2D eigenvalue weighted by atomic mass is 35.5. The zero-order valence-electron chi connectivity index (χ0n) is 13.6. The zero-order valence-corrected chi connectivity index (χ0v) is 14.4. The summed E-state index contributed by atoms with van der Waals surface area (Å²) in [5.41, 5.74) is 3.21. The van der Waals surface area contributed by atoms with E-state index in [1.165, 1.54) is 5.56 Å². The Bertz CT molecular complexity index is 921. The lowest BCUT2D eigenvalue weighted by Crippen LogP contribution is -2.13. The first kappa shape index (κ1) is 15.2. The number of benzene rings is 1. The number of hydrogen-bond donors (Lipinski definition) is 1. The Balaban J connectivity index is 1.84. The Morgan fingerprint density at radius 3 is 2.83 bits per heavy atom. The third-order valence-electron chi connectivity index (χ3n) is 4.28. The SMILES string of the molecule is COc1ccc(Nc2c3c(nc4nc(C)nn24)CCCC3)cc1Cl. The standard InChI is InChI=1S/C17H18ClN5O/c1-10-19-17-21-14-6-4-3-5-12(14)16(23(17)22-10)20-11-7-8-15(24-2)13(18)9-11/h7-9,20H,3-6H2,1-2H3. The molecule has 0 amide bonds. The maximum atomic E-state index is 6.25. The fraction of sp³-hybridized carbons (Fsp3) is 0.353. The molecule has 0 fully saturated rings. The number of methoxy groups -OCH3 is 1. The topological polar surface area (TPSA) is 64.3 Å². The van der Waals surface area contributed by atoms with E-state index >= 15 is 0 Å². The summed E-state index contributed by atoms with van der Waals surface area (Å²) in [5, 5.41) is 8.52. The third kappa shape index (κ3) is 2.57. The molecule has 4 rings (SSSR count). The molecule has 1 aromatic carbocycles. The third-order valence-corrected chi connectivity index (χ3v) is 4.58. The van der Waals surface area contributed by atoms with Gasteiger partial charge in [-0.15, -0.1) is 5.10 Å². The summed E-state index contributed by atoms with van der Waals surface area (Å²) in [5.74, 6) is 2.92. The average Bonchev–Trinajstić information content (AvgIpc) is 2.95. The normalized spacial score (nSPS) is 13.8. The minimum Gasteiger partial charge on any atom is -0.495 e. The second-order valence-electron chi connectivity index (χ2n) is 5.94. The number of fused-ring (bicyclic) bond motifs is 2. The van der Waals surface area contributed by atoms with E-state index in [0.29, 0.717) is 22.4 Å². The van der Waals surface area contributed by atoms with Gasteiger partial charge in [0, 0.05) is 11.3 Å². The van der Waals surface area contributed by atoms with Gasteiger partial charge in [-0.2, -0.15) is 9.50 Å². The van der Waals surface area contributed by atoms with Crippen LogP contribution < -0.4 is 10.1 Å². The number of anilines is 2. The number of hydrogen-bond acceptors (Lipinski definition) is 5. The summed E-state index contributed by atoms with van der Waals surface area (Å²) in [6.45, 7) is 1.88. The van der Waals surface area contributed by atoms with E-state index in [2.05, 4.69) is 20.4 Å². The number of ether oxygens (including phenoxy) is 1. The van der Waals surface area contributed by atoms with E-state index in [1.54, 1.807) is 11.6 Å². The van der Waals surface area contributed by atoms with E-state index < -0.39 is 0 Å². The molecule has 0 saturated carbocycles. The minimum absolute atomic E-state index is 0.566. The van der Waals surface area contributed by atoms with Crippen LogP contribution in [0.5, 0.6) is 5.75 Å². The van der Waals surface area contributed by atoms with Gasteiger partial charge in [0.1, 0.15) is 17.4 Å². The first-order valence-electron chi connectivity index (χ1n) is 8.01. The summed E-state index contributed by atoms with van der Waals surface area (Å²) < 4.78 is 7.01.